The van der Waals surface area contributed by atoms with Gasteiger partial charge in [-0.25, -0.2) is 4.79 Å². The molecule has 0 heterocycles. The molecule has 1 amide bonds. The van der Waals surface area contributed by atoms with Crippen molar-refractivity contribution in [2.24, 2.45) is 17.6 Å². The normalized spacial score (nSPS) is 30.2. The number of nitrogens with two attached hydrogens (primary N) is 1. The van der Waals surface area contributed by atoms with Crippen LogP contribution >= 0.6 is 0 Å². The van der Waals surface area contributed by atoms with Gasteiger partial charge in [0.05, 0.1) is 6.10 Å². The SMILES string of the molecule is CCC(CC)C(NC(C)=O)[C@H]1[C@@H](O)[C@H](OC(=O)O)C[C@H]1N. The Kier molecular flexibility index (Phi) is 6.42. The van der Waals surface area contributed by atoms with Crippen LogP contribution < -0.4 is 11.1 Å². The monoisotopic (exact) mass is 302 g/mol. The van der Waals surface area contributed by atoms with E-state index in [4.69, 9.17) is 15.6 Å². The van der Waals surface area contributed by atoms with E-state index in [9.17, 15) is 14.7 Å². The van der Waals surface area contributed by atoms with Crippen LogP contribution in [0.4, 0.5) is 4.79 Å². The Morgan fingerprint density at radius 3 is 2.38 bits per heavy atom. The molecule has 0 aliphatic heterocycles. The van der Waals surface area contributed by atoms with E-state index in [-0.39, 0.29) is 24.3 Å². The molecule has 0 bridgehead atoms. The Morgan fingerprint density at radius 1 is 1.38 bits per heavy atom. The molecule has 1 aliphatic carbocycles. The molecule has 1 fully saturated rings. The highest BCUT2D eigenvalue weighted by Crippen LogP contribution is 2.34. The molecule has 0 saturated heterocycles. The Balaban J connectivity index is 2.94. The van der Waals surface area contributed by atoms with Crippen molar-refractivity contribution in [2.45, 2.75) is 64.3 Å². The Labute approximate surface area is 124 Å². The van der Waals surface area contributed by atoms with Gasteiger partial charge in [-0.3, -0.25) is 4.79 Å². The maximum Gasteiger partial charge on any atom is 0.506 e. The Bertz CT molecular complexity index is 372. The van der Waals surface area contributed by atoms with Crippen LogP contribution in [-0.2, 0) is 9.53 Å². The summed E-state index contributed by atoms with van der Waals surface area (Å²) in [6.07, 6.45) is -1.34. The van der Waals surface area contributed by atoms with Crippen LogP contribution in [0.3, 0.4) is 0 Å². The van der Waals surface area contributed by atoms with E-state index in [2.05, 4.69) is 5.32 Å². The second-order valence-electron chi connectivity index (χ2n) is 5.69. The van der Waals surface area contributed by atoms with Crippen molar-refractivity contribution >= 4 is 12.1 Å². The molecule has 7 nitrogen and oxygen atoms in total. The van der Waals surface area contributed by atoms with Gasteiger partial charge in [0.1, 0.15) is 6.10 Å². The number of nitrogens with one attached hydrogen (secondary N) is 1. The van der Waals surface area contributed by atoms with Crippen LogP contribution in [0.2, 0.25) is 0 Å². The van der Waals surface area contributed by atoms with Crippen molar-refractivity contribution in [2.75, 3.05) is 0 Å². The van der Waals surface area contributed by atoms with E-state index >= 15 is 0 Å². The number of amides is 1. The van der Waals surface area contributed by atoms with Gasteiger partial charge >= 0.3 is 6.16 Å². The van der Waals surface area contributed by atoms with Crippen molar-refractivity contribution < 1.29 is 24.5 Å². The molecule has 7 heteroatoms. The summed E-state index contributed by atoms with van der Waals surface area (Å²) in [6, 6.07) is -0.702. The Morgan fingerprint density at radius 2 is 1.95 bits per heavy atom. The molecule has 1 saturated carbocycles. The zero-order chi connectivity index (χ0) is 16.2. The first-order valence-corrected chi connectivity index (χ1v) is 7.42. The summed E-state index contributed by atoms with van der Waals surface area (Å²) in [4.78, 5) is 22.1. The highest BCUT2D eigenvalue weighted by Gasteiger charge is 2.48. The fourth-order valence-electron chi connectivity index (χ4n) is 3.35. The summed E-state index contributed by atoms with van der Waals surface area (Å²) in [5, 5.41) is 22.0. The van der Waals surface area contributed by atoms with E-state index in [1.807, 2.05) is 13.8 Å². The summed E-state index contributed by atoms with van der Waals surface area (Å²) in [5.41, 5.74) is 6.08. The number of ether oxygens (including phenoxy) is 1. The fraction of sp³-hybridized carbons (Fsp3) is 0.857. The molecule has 122 valence electrons. The average molecular weight is 302 g/mol. The predicted octanol–water partition coefficient (Wildman–Crippen LogP) is 0.699. The zero-order valence-corrected chi connectivity index (χ0v) is 12.8. The molecule has 1 unspecified atom stereocenters. The summed E-state index contributed by atoms with van der Waals surface area (Å²) in [7, 11) is 0. The minimum atomic E-state index is -1.43. The number of carbonyl (C=O) groups excluding carboxylic acids is 1. The zero-order valence-electron chi connectivity index (χ0n) is 12.8. The first kappa shape index (κ1) is 17.7. The average Bonchev–Trinajstić information content (AvgIpc) is 2.63. The van der Waals surface area contributed by atoms with E-state index in [0.29, 0.717) is 0 Å². The van der Waals surface area contributed by atoms with E-state index in [1.165, 1.54) is 6.92 Å². The lowest BCUT2D eigenvalue weighted by Crippen LogP contribution is -2.52. The van der Waals surface area contributed by atoms with Gasteiger partial charge < -0.3 is 26.0 Å². The van der Waals surface area contributed by atoms with Gasteiger partial charge in [0.15, 0.2) is 0 Å². The van der Waals surface area contributed by atoms with Gasteiger partial charge in [0.25, 0.3) is 0 Å². The third kappa shape index (κ3) is 4.31. The smallest absolute Gasteiger partial charge is 0.450 e. The van der Waals surface area contributed by atoms with Crippen molar-refractivity contribution in [1.82, 2.24) is 5.32 Å². The summed E-state index contributed by atoms with van der Waals surface area (Å²) in [6.45, 7) is 5.45. The van der Waals surface area contributed by atoms with Crippen molar-refractivity contribution in [1.29, 1.82) is 0 Å². The number of carbonyl (C=O) groups is 2. The van der Waals surface area contributed by atoms with Crippen LogP contribution in [0.1, 0.15) is 40.0 Å². The van der Waals surface area contributed by atoms with E-state index < -0.39 is 30.3 Å². The molecule has 5 atom stereocenters. The Hall–Kier alpha value is -1.34. The van der Waals surface area contributed by atoms with Gasteiger partial charge in [-0.2, -0.15) is 0 Å². The van der Waals surface area contributed by atoms with E-state index in [0.717, 1.165) is 12.8 Å². The minimum absolute atomic E-state index is 0.170. The molecule has 1 rings (SSSR count). The van der Waals surface area contributed by atoms with Gasteiger partial charge in [-0.15, -0.1) is 0 Å². The van der Waals surface area contributed by atoms with Gasteiger partial charge in [0.2, 0.25) is 5.91 Å². The largest absolute Gasteiger partial charge is 0.506 e. The standard InChI is InChI=1S/C14H26N2O5/c1-4-8(5-2)12(16-7(3)17)11-9(15)6-10(13(11)18)21-14(19)20/h8-13,18H,4-6,15H2,1-3H3,(H,16,17)(H,19,20)/t9-,10-,11+,12?,13+/m1/s1. The number of aliphatic hydroxyl groups is 1. The van der Waals surface area contributed by atoms with E-state index in [1.54, 1.807) is 0 Å². The van der Waals surface area contributed by atoms with Gasteiger partial charge in [-0.1, -0.05) is 26.7 Å². The minimum Gasteiger partial charge on any atom is -0.450 e. The maximum absolute atomic E-state index is 11.5. The van der Waals surface area contributed by atoms with Crippen molar-refractivity contribution in [3.8, 4) is 0 Å². The highest BCUT2D eigenvalue weighted by atomic mass is 16.7. The second-order valence-corrected chi connectivity index (χ2v) is 5.69. The van der Waals surface area contributed by atoms with Gasteiger partial charge in [-0.05, 0) is 5.92 Å². The molecule has 0 aromatic rings. The topological polar surface area (TPSA) is 122 Å². The molecule has 0 aromatic heterocycles. The molecular formula is C14H26N2O5. The number of rotatable bonds is 6. The van der Waals surface area contributed by atoms with Crippen LogP contribution in [-0.4, -0.2) is 46.6 Å². The maximum atomic E-state index is 11.5. The molecule has 5 N–H and O–H groups in total. The summed E-state index contributed by atoms with van der Waals surface area (Å²) >= 11 is 0. The first-order chi connectivity index (χ1) is 9.81. The summed E-state index contributed by atoms with van der Waals surface area (Å²) < 4.78 is 4.70. The van der Waals surface area contributed by atoms with Crippen molar-refractivity contribution in [3.05, 3.63) is 0 Å². The number of hydrogen-bond acceptors (Lipinski definition) is 5. The fourth-order valence-corrected chi connectivity index (χ4v) is 3.35. The quantitative estimate of drug-likeness (QED) is 0.536. The first-order valence-electron chi connectivity index (χ1n) is 7.42. The van der Waals surface area contributed by atoms with Gasteiger partial charge in [0, 0.05) is 31.3 Å². The predicted molar refractivity (Wildman–Crippen MR) is 76.7 cm³/mol. The lowest BCUT2D eigenvalue weighted by atomic mass is 9.81. The lowest BCUT2D eigenvalue weighted by molar-refractivity contribution is -0.121. The van der Waals surface area contributed by atoms with Crippen LogP contribution in [0.15, 0.2) is 0 Å². The lowest BCUT2D eigenvalue weighted by Gasteiger charge is -2.35. The number of carboxylic acid groups (broad SMARTS) is 1. The van der Waals surface area contributed by atoms with Crippen LogP contribution in [0, 0.1) is 11.8 Å². The molecule has 1 aliphatic rings. The van der Waals surface area contributed by atoms with Crippen LogP contribution in [0.5, 0.6) is 0 Å². The summed E-state index contributed by atoms with van der Waals surface area (Å²) in [5.74, 6) is -0.430. The third-order valence-electron chi connectivity index (χ3n) is 4.37. The van der Waals surface area contributed by atoms with Crippen molar-refractivity contribution in [3.63, 3.8) is 0 Å². The molecule has 0 radical (unpaired) electrons. The molecule has 21 heavy (non-hydrogen) atoms. The highest BCUT2D eigenvalue weighted by molar-refractivity contribution is 5.73. The molecule has 0 aromatic carbocycles. The number of aliphatic hydroxyl groups excluding tert-OH is 1. The molecular weight excluding hydrogens is 276 g/mol. The molecule has 0 spiro atoms. The third-order valence-corrected chi connectivity index (χ3v) is 4.37. The number of hydrogen-bond donors (Lipinski definition) is 4. The second kappa shape index (κ2) is 7.61. The van der Waals surface area contributed by atoms with Crippen LogP contribution in [0.25, 0.3) is 0 Å².